The van der Waals surface area contributed by atoms with Crippen molar-refractivity contribution in [3.8, 4) is 0 Å². The number of aliphatic hydroxyl groups excluding tert-OH is 7. The molecule has 0 aromatic heterocycles. The second kappa shape index (κ2) is 7.66. The van der Waals surface area contributed by atoms with E-state index in [0.717, 1.165) is 0 Å². The van der Waals surface area contributed by atoms with E-state index in [4.69, 9.17) is 24.4 Å². The topological polar surface area (TPSA) is 169 Å². The summed E-state index contributed by atoms with van der Waals surface area (Å²) in [6.07, 6.45) is -13.0. The molecular formula is C13H24O10. The molecule has 2 fully saturated rings. The highest BCUT2D eigenvalue weighted by Gasteiger charge is 2.49. The van der Waals surface area contributed by atoms with Crippen molar-refractivity contribution in [1.29, 1.82) is 0 Å². The lowest BCUT2D eigenvalue weighted by atomic mass is 9.95. The van der Waals surface area contributed by atoms with E-state index in [-0.39, 0.29) is 0 Å². The van der Waals surface area contributed by atoms with Gasteiger partial charge in [-0.05, 0) is 6.92 Å². The van der Waals surface area contributed by atoms with E-state index in [0.29, 0.717) is 0 Å². The van der Waals surface area contributed by atoms with Gasteiger partial charge < -0.3 is 50.0 Å². The average molecular weight is 340 g/mol. The Morgan fingerprint density at radius 1 is 0.739 bits per heavy atom. The van der Waals surface area contributed by atoms with Crippen LogP contribution in [0.1, 0.15) is 6.92 Å². The average Bonchev–Trinajstić information content (AvgIpc) is 2.54. The Morgan fingerprint density at radius 2 is 1.26 bits per heavy atom. The molecule has 10 nitrogen and oxygen atoms in total. The maximum atomic E-state index is 10.1. The van der Waals surface area contributed by atoms with Crippen LogP contribution in [0.3, 0.4) is 0 Å². The molecular weight excluding hydrogens is 316 g/mol. The summed E-state index contributed by atoms with van der Waals surface area (Å²) in [7, 11) is 0. The van der Waals surface area contributed by atoms with E-state index in [2.05, 4.69) is 0 Å². The molecule has 0 aromatic carbocycles. The summed E-state index contributed by atoms with van der Waals surface area (Å²) in [5.41, 5.74) is 0. The maximum absolute atomic E-state index is 10.1. The molecule has 0 amide bonds. The van der Waals surface area contributed by atoms with Crippen molar-refractivity contribution in [2.24, 2.45) is 0 Å². The van der Waals surface area contributed by atoms with Gasteiger partial charge in [0.25, 0.3) is 0 Å². The van der Waals surface area contributed by atoms with Gasteiger partial charge in [0.2, 0.25) is 0 Å². The fourth-order valence-corrected chi connectivity index (χ4v) is 2.80. The van der Waals surface area contributed by atoms with Gasteiger partial charge in [0.05, 0.1) is 19.3 Å². The maximum Gasteiger partial charge on any atom is 0.187 e. The van der Waals surface area contributed by atoms with Crippen LogP contribution in [0.4, 0.5) is 0 Å². The first kappa shape index (κ1) is 18.9. The van der Waals surface area contributed by atoms with Gasteiger partial charge in [0, 0.05) is 0 Å². The highest BCUT2D eigenvalue weighted by atomic mass is 16.7. The third kappa shape index (κ3) is 3.66. The van der Waals surface area contributed by atoms with Gasteiger partial charge >= 0.3 is 0 Å². The molecule has 136 valence electrons. The minimum absolute atomic E-state index is 0.491. The number of hydrogen-bond acceptors (Lipinski definition) is 10. The molecule has 2 aliphatic heterocycles. The summed E-state index contributed by atoms with van der Waals surface area (Å²) in [5, 5.41) is 67.5. The molecule has 0 aromatic rings. The summed E-state index contributed by atoms with van der Waals surface area (Å²) in [5.74, 6) is 0. The van der Waals surface area contributed by atoms with Crippen molar-refractivity contribution in [2.45, 2.75) is 68.1 Å². The van der Waals surface area contributed by atoms with E-state index in [1.165, 1.54) is 6.92 Å². The molecule has 6 unspecified atom stereocenters. The molecule has 0 bridgehead atoms. The molecule has 23 heavy (non-hydrogen) atoms. The fourth-order valence-electron chi connectivity index (χ4n) is 2.80. The van der Waals surface area contributed by atoms with Crippen molar-refractivity contribution < 1.29 is 50.0 Å². The normalized spacial score (nSPS) is 51.7. The molecule has 2 saturated heterocycles. The molecule has 0 saturated carbocycles. The lowest BCUT2D eigenvalue weighted by Crippen LogP contribution is -2.63. The lowest BCUT2D eigenvalue weighted by Gasteiger charge is -2.45. The molecule has 7 N–H and O–H groups in total. The van der Waals surface area contributed by atoms with Crippen LogP contribution >= 0.6 is 0 Å². The van der Waals surface area contributed by atoms with Gasteiger partial charge in [-0.1, -0.05) is 0 Å². The summed E-state index contributed by atoms with van der Waals surface area (Å²) in [6, 6.07) is 0. The number of rotatable bonds is 4. The lowest BCUT2D eigenvalue weighted by molar-refractivity contribution is -0.340. The zero-order valence-electron chi connectivity index (χ0n) is 12.5. The first-order chi connectivity index (χ1) is 10.8. The van der Waals surface area contributed by atoms with Gasteiger partial charge in [-0.15, -0.1) is 0 Å². The van der Waals surface area contributed by atoms with Gasteiger partial charge in [-0.2, -0.15) is 0 Å². The largest absolute Gasteiger partial charge is 0.394 e. The molecule has 2 rings (SSSR count). The second-order valence-electron chi connectivity index (χ2n) is 5.84. The zero-order valence-corrected chi connectivity index (χ0v) is 12.5. The smallest absolute Gasteiger partial charge is 0.187 e. The molecule has 10 heteroatoms. The minimum Gasteiger partial charge on any atom is -0.394 e. The van der Waals surface area contributed by atoms with Crippen LogP contribution in [0.15, 0.2) is 0 Å². The van der Waals surface area contributed by atoms with Crippen LogP contribution in [0, 0.1) is 0 Å². The van der Waals surface area contributed by atoms with E-state index in [1.807, 2.05) is 0 Å². The van der Waals surface area contributed by atoms with Crippen LogP contribution < -0.4 is 0 Å². The van der Waals surface area contributed by atoms with E-state index in [9.17, 15) is 25.5 Å². The Hall–Kier alpha value is -0.400. The van der Waals surface area contributed by atoms with Crippen LogP contribution in [-0.4, -0.2) is 110 Å². The van der Waals surface area contributed by atoms with E-state index in [1.54, 1.807) is 0 Å². The second-order valence-corrected chi connectivity index (χ2v) is 5.84. The van der Waals surface area contributed by atoms with Crippen LogP contribution in [0.5, 0.6) is 0 Å². The summed E-state index contributed by atoms with van der Waals surface area (Å²) >= 11 is 0. The monoisotopic (exact) mass is 340 g/mol. The van der Waals surface area contributed by atoms with E-state index < -0.39 is 74.4 Å². The van der Waals surface area contributed by atoms with E-state index >= 15 is 0 Å². The molecule has 0 radical (unpaired) electrons. The summed E-state index contributed by atoms with van der Waals surface area (Å²) < 4.78 is 15.9. The van der Waals surface area contributed by atoms with Crippen molar-refractivity contribution in [1.82, 2.24) is 0 Å². The van der Waals surface area contributed by atoms with Gasteiger partial charge in [-0.3, -0.25) is 0 Å². The Labute approximate surface area is 132 Å². The summed E-state index contributed by atoms with van der Waals surface area (Å²) in [4.78, 5) is 0. The number of hydrogen-bond donors (Lipinski definition) is 7. The van der Waals surface area contributed by atoms with Crippen LogP contribution in [0.2, 0.25) is 0 Å². The van der Waals surface area contributed by atoms with Gasteiger partial charge in [-0.25, -0.2) is 0 Å². The Balaban J connectivity index is 2.08. The van der Waals surface area contributed by atoms with Crippen molar-refractivity contribution >= 4 is 0 Å². The standard InChI is InChI=1S/C13H24O10/c1-4-12(10(19)8(17)5(2-14)21-4)23-13-11(20)9(18)7(16)6(3-15)22-13/h4-20H,2-3H2,1H3/t4-,5?,6?,7-,8-,9?,10?,11?,12?,13-/m1/s1. The summed E-state index contributed by atoms with van der Waals surface area (Å²) in [6.45, 7) is 0.432. The zero-order chi connectivity index (χ0) is 17.3. The van der Waals surface area contributed by atoms with Crippen molar-refractivity contribution in [3.63, 3.8) is 0 Å². The molecule has 2 heterocycles. The fraction of sp³-hybridized carbons (Fsp3) is 1.00. The quantitative estimate of drug-likeness (QED) is 0.265. The molecule has 0 spiro atoms. The van der Waals surface area contributed by atoms with Crippen LogP contribution in [-0.2, 0) is 14.2 Å². The Bertz CT molecular complexity index is 380. The SMILES string of the molecule is C[C@H]1OC(CO)[C@@H](O)C(O)C1O[C@H]1OC(CO)[C@@H](O)C(O)C1O. The Morgan fingerprint density at radius 3 is 1.83 bits per heavy atom. The van der Waals surface area contributed by atoms with Crippen molar-refractivity contribution in [2.75, 3.05) is 13.2 Å². The minimum atomic E-state index is -1.63. The predicted molar refractivity (Wildman–Crippen MR) is 72.1 cm³/mol. The first-order valence-corrected chi connectivity index (χ1v) is 7.40. The third-order valence-electron chi connectivity index (χ3n) is 4.24. The first-order valence-electron chi connectivity index (χ1n) is 7.40. The molecule has 0 aliphatic carbocycles. The van der Waals surface area contributed by atoms with Crippen molar-refractivity contribution in [3.05, 3.63) is 0 Å². The highest BCUT2D eigenvalue weighted by molar-refractivity contribution is 4.94. The molecule has 10 atom stereocenters. The predicted octanol–water partition coefficient (Wildman–Crippen LogP) is -4.33. The van der Waals surface area contributed by atoms with Crippen LogP contribution in [0.25, 0.3) is 0 Å². The van der Waals surface area contributed by atoms with Gasteiger partial charge in [0.1, 0.15) is 48.8 Å². The van der Waals surface area contributed by atoms with Gasteiger partial charge in [0.15, 0.2) is 6.29 Å². The third-order valence-corrected chi connectivity index (χ3v) is 4.24. The Kier molecular flexibility index (Phi) is 6.30. The number of ether oxygens (including phenoxy) is 3. The molecule has 2 aliphatic rings. The highest BCUT2D eigenvalue weighted by Crippen LogP contribution is 2.28. The number of aliphatic hydroxyl groups is 7.